The van der Waals surface area contributed by atoms with Gasteiger partial charge in [0.1, 0.15) is 0 Å². The monoisotopic (exact) mass is 251 g/mol. The van der Waals surface area contributed by atoms with E-state index in [0.717, 1.165) is 38.8 Å². The van der Waals surface area contributed by atoms with Gasteiger partial charge in [0.15, 0.2) is 6.67 Å². The van der Waals surface area contributed by atoms with Crippen LogP contribution in [0.15, 0.2) is 0 Å². The normalized spacial score (nSPS) is 33.9. The Labute approximate surface area is 108 Å². The SMILES string of the molecule is O=C1[C@@H]2CCCC[C@H]2C(=O)N1C[NH+]1CCCCC1. The van der Waals surface area contributed by atoms with Gasteiger partial charge in [-0.1, -0.05) is 12.8 Å². The van der Waals surface area contributed by atoms with Gasteiger partial charge in [0.2, 0.25) is 11.8 Å². The van der Waals surface area contributed by atoms with Crippen LogP contribution in [-0.4, -0.2) is 36.5 Å². The Balaban J connectivity index is 1.68. The average Bonchev–Trinajstić information content (AvgIpc) is 2.66. The maximum absolute atomic E-state index is 12.3. The molecule has 4 heteroatoms. The number of imide groups is 1. The van der Waals surface area contributed by atoms with E-state index in [2.05, 4.69) is 0 Å². The first kappa shape index (κ1) is 12.2. The third-order valence-electron chi connectivity index (χ3n) is 4.87. The third-order valence-corrected chi connectivity index (χ3v) is 4.87. The summed E-state index contributed by atoms with van der Waals surface area (Å²) < 4.78 is 0. The summed E-state index contributed by atoms with van der Waals surface area (Å²) >= 11 is 0. The third kappa shape index (κ3) is 2.07. The lowest BCUT2D eigenvalue weighted by molar-refractivity contribution is -0.912. The molecule has 2 amide bonds. The fourth-order valence-electron chi connectivity index (χ4n) is 3.82. The number of nitrogens with one attached hydrogen (secondary N) is 1. The van der Waals surface area contributed by atoms with Crippen LogP contribution in [0, 0.1) is 11.8 Å². The van der Waals surface area contributed by atoms with E-state index in [-0.39, 0.29) is 23.7 Å². The summed E-state index contributed by atoms with van der Waals surface area (Å²) in [4.78, 5) is 27.6. The molecule has 2 aliphatic heterocycles. The number of rotatable bonds is 2. The smallest absolute Gasteiger partial charge is 0.237 e. The zero-order chi connectivity index (χ0) is 12.5. The summed E-state index contributed by atoms with van der Waals surface area (Å²) in [6.45, 7) is 2.86. The molecular formula is C14H23N2O2+. The first-order valence-electron chi connectivity index (χ1n) is 7.46. The predicted octanol–water partition coefficient (Wildman–Crippen LogP) is 0.188. The van der Waals surface area contributed by atoms with Crippen molar-refractivity contribution in [2.24, 2.45) is 11.8 Å². The van der Waals surface area contributed by atoms with Crippen LogP contribution in [-0.2, 0) is 9.59 Å². The van der Waals surface area contributed by atoms with Crippen LogP contribution in [0.1, 0.15) is 44.9 Å². The van der Waals surface area contributed by atoms with Crippen molar-refractivity contribution in [2.75, 3.05) is 19.8 Å². The Morgan fingerprint density at radius 3 is 2.00 bits per heavy atom. The molecule has 4 nitrogen and oxygen atoms in total. The summed E-state index contributed by atoms with van der Waals surface area (Å²) in [6.07, 6.45) is 7.87. The highest BCUT2D eigenvalue weighted by molar-refractivity contribution is 6.05. The van der Waals surface area contributed by atoms with Crippen molar-refractivity contribution in [1.82, 2.24) is 4.90 Å². The first-order chi connectivity index (χ1) is 8.77. The van der Waals surface area contributed by atoms with Crippen molar-refractivity contribution in [2.45, 2.75) is 44.9 Å². The highest BCUT2D eigenvalue weighted by Gasteiger charge is 2.49. The number of piperidine rings is 1. The first-order valence-corrected chi connectivity index (χ1v) is 7.46. The van der Waals surface area contributed by atoms with Gasteiger partial charge in [0, 0.05) is 0 Å². The van der Waals surface area contributed by atoms with Crippen molar-refractivity contribution in [3.63, 3.8) is 0 Å². The summed E-state index contributed by atoms with van der Waals surface area (Å²) in [5.41, 5.74) is 0. The molecule has 0 aromatic rings. The minimum atomic E-state index is 0.0236. The van der Waals surface area contributed by atoms with Crippen LogP contribution in [0.4, 0.5) is 0 Å². The molecule has 2 heterocycles. The van der Waals surface area contributed by atoms with Gasteiger partial charge in [0.25, 0.3) is 0 Å². The Morgan fingerprint density at radius 2 is 1.44 bits per heavy atom. The largest absolute Gasteiger partial charge is 0.317 e. The molecule has 3 fully saturated rings. The number of hydrogen-bond acceptors (Lipinski definition) is 2. The van der Waals surface area contributed by atoms with Gasteiger partial charge in [-0.2, -0.15) is 0 Å². The maximum Gasteiger partial charge on any atom is 0.237 e. The average molecular weight is 251 g/mol. The van der Waals surface area contributed by atoms with E-state index in [1.54, 1.807) is 4.90 Å². The fourth-order valence-corrected chi connectivity index (χ4v) is 3.82. The van der Waals surface area contributed by atoms with Crippen LogP contribution < -0.4 is 4.90 Å². The van der Waals surface area contributed by atoms with E-state index in [1.165, 1.54) is 24.2 Å². The second-order valence-corrected chi connectivity index (χ2v) is 6.07. The quantitative estimate of drug-likeness (QED) is 0.712. The van der Waals surface area contributed by atoms with Gasteiger partial charge in [-0.05, 0) is 32.1 Å². The molecule has 18 heavy (non-hydrogen) atoms. The number of carbonyl (C=O) groups excluding carboxylic acids is 2. The zero-order valence-corrected chi connectivity index (χ0v) is 11.0. The Hall–Kier alpha value is -0.900. The molecule has 2 atom stereocenters. The van der Waals surface area contributed by atoms with Crippen molar-refractivity contribution in [3.05, 3.63) is 0 Å². The summed E-state index contributed by atoms with van der Waals surface area (Å²) in [7, 11) is 0. The molecule has 3 aliphatic rings. The second kappa shape index (κ2) is 5.00. The van der Waals surface area contributed by atoms with Crippen LogP contribution >= 0.6 is 0 Å². The lowest BCUT2D eigenvalue weighted by Gasteiger charge is -2.27. The molecule has 2 saturated heterocycles. The lowest BCUT2D eigenvalue weighted by Crippen LogP contribution is -3.14. The molecule has 3 rings (SSSR count). The number of hydrogen-bond donors (Lipinski definition) is 1. The molecule has 0 radical (unpaired) electrons. The number of fused-ring (bicyclic) bond motifs is 1. The van der Waals surface area contributed by atoms with Crippen LogP contribution in [0.3, 0.4) is 0 Å². The minimum absolute atomic E-state index is 0.0236. The highest BCUT2D eigenvalue weighted by Crippen LogP contribution is 2.37. The predicted molar refractivity (Wildman–Crippen MR) is 66.7 cm³/mol. The van der Waals surface area contributed by atoms with Crippen molar-refractivity contribution < 1.29 is 14.5 Å². The Kier molecular flexibility index (Phi) is 3.37. The summed E-state index contributed by atoms with van der Waals surface area (Å²) in [6, 6.07) is 0. The van der Waals surface area contributed by atoms with Gasteiger partial charge in [0.05, 0.1) is 24.9 Å². The van der Waals surface area contributed by atoms with Crippen molar-refractivity contribution >= 4 is 11.8 Å². The molecule has 0 aromatic heterocycles. The summed E-state index contributed by atoms with van der Waals surface area (Å²) in [5.74, 6) is 0.302. The van der Waals surface area contributed by atoms with Crippen LogP contribution in [0.25, 0.3) is 0 Å². The molecule has 100 valence electrons. The topological polar surface area (TPSA) is 41.8 Å². The highest BCUT2D eigenvalue weighted by atomic mass is 16.2. The van der Waals surface area contributed by atoms with Gasteiger partial charge < -0.3 is 4.90 Å². The lowest BCUT2D eigenvalue weighted by atomic mass is 9.81. The molecule has 1 N–H and O–H groups in total. The van der Waals surface area contributed by atoms with Gasteiger partial charge in [-0.3, -0.25) is 9.59 Å². The van der Waals surface area contributed by atoms with Crippen molar-refractivity contribution in [1.29, 1.82) is 0 Å². The number of quaternary nitrogens is 1. The van der Waals surface area contributed by atoms with Crippen LogP contribution in [0.5, 0.6) is 0 Å². The van der Waals surface area contributed by atoms with E-state index in [9.17, 15) is 9.59 Å². The standard InChI is InChI=1S/C14H22N2O2/c17-13-11-6-2-3-7-12(11)14(18)16(13)10-15-8-4-1-5-9-15/h11-12H,1-10H2/p+1/t11-,12-/m1/s1. The van der Waals surface area contributed by atoms with Gasteiger partial charge >= 0.3 is 0 Å². The minimum Gasteiger partial charge on any atom is -0.317 e. The fraction of sp³-hybridized carbons (Fsp3) is 0.857. The summed E-state index contributed by atoms with van der Waals surface area (Å²) in [5, 5.41) is 0. The molecule has 0 bridgehead atoms. The van der Waals surface area contributed by atoms with E-state index >= 15 is 0 Å². The van der Waals surface area contributed by atoms with E-state index in [4.69, 9.17) is 0 Å². The number of nitrogens with zero attached hydrogens (tertiary/aromatic N) is 1. The maximum atomic E-state index is 12.3. The molecule has 0 aromatic carbocycles. The molecule has 0 spiro atoms. The Bertz CT molecular complexity index is 326. The number of carbonyl (C=O) groups is 2. The Morgan fingerprint density at radius 1 is 0.889 bits per heavy atom. The number of amides is 2. The van der Waals surface area contributed by atoms with E-state index in [0.29, 0.717) is 6.67 Å². The molecule has 1 saturated carbocycles. The van der Waals surface area contributed by atoms with Crippen molar-refractivity contribution in [3.8, 4) is 0 Å². The number of likely N-dealkylation sites (tertiary alicyclic amines) is 2. The zero-order valence-electron chi connectivity index (χ0n) is 11.0. The van der Waals surface area contributed by atoms with Crippen LogP contribution in [0.2, 0.25) is 0 Å². The molecular weight excluding hydrogens is 228 g/mol. The van der Waals surface area contributed by atoms with Gasteiger partial charge in [-0.25, -0.2) is 4.90 Å². The second-order valence-electron chi connectivity index (χ2n) is 6.07. The molecule has 1 aliphatic carbocycles. The van der Waals surface area contributed by atoms with Gasteiger partial charge in [-0.15, -0.1) is 0 Å². The van der Waals surface area contributed by atoms with E-state index in [1.807, 2.05) is 0 Å². The molecule has 0 unspecified atom stereocenters. The van der Waals surface area contributed by atoms with E-state index < -0.39 is 0 Å².